The third kappa shape index (κ3) is 3.21. The second kappa shape index (κ2) is 6.38. The number of hydrogen-bond donors (Lipinski definition) is 1. The molecule has 1 N–H and O–H groups in total. The summed E-state index contributed by atoms with van der Waals surface area (Å²) < 4.78 is 5.87. The molecule has 4 heteroatoms. The number of pyridine rings is 1. The number of benzene rings is 1. The van der Waals surface area contributed by atoms with Crippen LogP contribution in [0.15, 0.2) is 48.7 Å². The minimum Gasteiger partial charge on any atom is -0.373 e. The monoisotopic (exact) mass is 279 g/mol. The maximum Gasteiger partial charge on any atom is 0.125 e. The van der Waals surface area contributed by atoms with Crippen molar-refractivity contribution < 1.29 is 4.74 Å². The summed E-state index contributed by atoms with van der Waals surface area (Å²) in [6.07, 6.45) is 2.78. The predicted octanol–water partition coefficient (Wildman–Crippen LogP) is 3.14. The zero-order valence-electron chi connectivity index (χ0n) is 11.7. The average molecular weight is 279 g/mol. The second-order valence-electron chi connectivity index (χ2n) is 5.18. The summed E-state index contributed by atoms with van der Waals surface area (Å²) in [5.74, 6) is 1.23. The molecule has 0 amide bonds. The van der Waals surface area contributed by atoms with Gasteiger partial charge in [-0.2, -0.15) is 5.26 Å². The molecule has 0 aliphatic carbocycles. The normalized spacial score (nSPS) is 20.9. The first kappa shape index (κ1) is 13.6. The minimum atomic E-state index is 0.150. The van der Waals surface area contributed by atoms with Crippen molar-refractivity contribution in [3.8, 4) is 6.07 Å². The van der Waals surface area contributed by atoms with E-state index in [1.807, 2.05) is 24.3 Å². The minimum absolute atomic E-state index is 0.150. The Balaban J connectivity index is 1.63. The van der Waals surface area contributed by atoms with Crippen LogP contribution in [0.1, 0.15) is 23.7 Å². The molecule has 4 nitrogen and oxygen atoms in total. The first-order valence-corrected chi connectivity index (χ1v) is 7.13. The quantitative estimate of drug-likeness (QED) is 0.934. The molecule has 1 aromatic heterocycles. The Kier molecular flexibility index (Phi) is 4.13. The fourth-order valence-electron chi connectivity index (χ4n) is 2.65. The summed E-state index contributed by atoms with van der Waals surface area (Å²) in [6.45, 7) is 1.62. The molecule has 1 aliphatic heterocycles. The van der Waals surface area contributed by atoms with Gasteiger partial charge in [0.1, 0.15) is 11.9 Å². The van der Waals surface area contributed by atoms with E-state index >= 15 is 0 Å². The zero-order chi connectivity index (χ0) is 14.5. The maximum absolute atomic E-state index is 8.76. The van der Waals surface area contributed by atoms with E-state index < -0.39 is 0 Å². The van der Waals surface area contributed by atoms with Crippen LogP contribution in [0.25, 0.3) is 0 Å². The van der Waals surface area contributed by atoms with E-state index in [0.29, 0.717) is 11.5 Å². The van der Waals surface area contributed by atoms with Crippen LogP contribution in [0.4, 0.5) is 5.82 Å². The SMILES string of the molecule is N#Cc1ccc(NC[C@H]2CCO[C@@H]2c2ccccc2)nc1. The van der Waals surface area contributed by atoms with Crippen LogP contribution in [0.5, 0.6) is 0 Å². The van der Waals surface area contributed by atoms with Gasteiger partial charge in [-0.25, -0.2) is 4.98 Å². The number of ether oxygens (including phenoxy) is 1. The van der Waals surface area contributed by atoms with Crippen LogP contribution >= 0.6 is 0 Å². The molecule has 0 spiro atoms. The molecule has 2 aromatic rings. The van der Waals surface area contributed by atoms with E-state index in [1.54, 1.807) is 12.3 Å². The van der Waals surface area contributed by atoms with E-state index in [9.17, 15) is 0 Å². The highest BCUT2D eigenvalue weighted by Gasteiger charge is 2.29. The smallest absolute Gasteiger partial charge is 0.125 e. The summed E-state index contributed by atoms with van der Waals surface area (Å²) >= 11 is 0. The van der Waals surface area contributed by atoms with Crippen molar-refractivity contribution in [1.29, 1.82) is 5.26 Å². The Labute approximate surface area is 124 Å². The zero-order valence-corrected chi connectivity index (χ0v) is 11.7. The number of nitriles is 1. The van der Waals surface area contributed by atoms with Gasteiger partial charge in [-0.05, 0) is 24.1 Å². The van der Waals surface area contributed by atoms with Crippen LogP contribution in [0.3, 0.4) is 0 Å². The fraction of sp³-hybridized carbons (Fsp3) is 0.294. The molecule has 2 atom stereocenters. The molecule has 106 valence electrons. The first-order chi connectivity index (χ1) is 10.4. The number of nitrogens with zero attached hydrogens (tertiary/aromatic N) is 2. The van der Waals surface area contributed by atoms with E-state index in [0.717, 1.165) is 25.4 Å². The highest BCUT2D eigenvalue weighted by molar-refractivity contribution is 5.39. The molecule has 0 bridgehead atoms. The lowest BCUT2D eigenvalue weighted by Gasteiger charge is -2.19. The molecular formula is C17H17N3O. The van der Waals surface area contributed by atoms with Crippen LogP contribution < -0.4 is 5.32 Å². The number of anilines is 1. The van der Waals surface area contributed by atoms with Gasteiger partial charge in [0, 0.05) is 25.3 Å². The Morgan fingerprint density at radius 3 is 2.81 bits per heavy atom. The summed E-state index contributed by atoms with van der Waals surface area (Å²) in [6, 6.07) is 16.0. The third-order valence-corrected chi connectivity index (χ3v) is 3.78. The third-order valence-electron chi connectivity index (χ3n) is 3.78. The van der Waals surface area contributed by atoms with Gasteiger partial charge in [-0.1, -0.05) is 30.3 Å². The van der Waals surface area contributed by atoms with E-state index in [4.69, 9.17) is 10.00 Å². The van der Waals surface area contributed by atoms with Gasteiger partial charge in [-0.15, -0.1) is 0 Å². The molecule has 0 radical (unpaired) electrons. The molecule has 1 aliphatic rings. The van der Waals surface area contributed by atoms with Gasteiger partial charge in [0.2, 0.25) is 0 Å². The van der Waals surface area contributed by atoms with Crippen molar-refractivity contribution in [3.05, 3.63) is 59.8 Å². The van der Waals surface area contributed by atoms with Crippen molar-refractivity contribution in [1.82, 2.24) is 4.98 Å². The van der Waals surface area contributed by atoms with Crippen LogP contribution in [0.2, 0.25) is 0 Å². The number of nitrogens with one attached hydrogen (secondary N) is 1. The fourth-order valence-corrected chi connectivity index (χ4v) is 2.65. The highest BCUT2D eigenvalue weighted by atomic mass is 16.5. The molecule has 0 unspecified atom stereocenters. The summed E-state index contributed by atoms with van der Waals surface area (Å²) in [7, 11) is 0. The lowest BCUT2D eigenvalue weighted by atomic mass is 9.95. The summed E-state index contributed by atoms with van der Waals surface area (Å²) in [4.78, 5) is 4.23. The predicted molar refractivity (Wildman–Crippen MR) is 80.7 cm³/mol. The maximum atomic E-state index is 8.76. The van der Waals surface area contributed by atoms with Gasteiger partial charge >= 0.3 is 0 Å². The molecule has 3 rings (SSSR count). The average Bonchev–Trinajstić information content (AvgIpc) is 3.03. The van der Waals surface area contributed by atoms with Crippen LogP contribution in [-0.2, 0) is 4.74 Å². The number of aromatic nitrogens is 1. The molecule has 21 heavy (non-hydrogen) atoms. The number of rotatable bonds is 4. The molecule has 0 saturated carbocycles. The molecule has 1 aromatic carbocycles. The van der Waals surface area contributed by atoms with Gasteiger partial charge in [0.05, 0.1) is 11.7 Å². The van der Waals surface area contributed by atoms with Gasteiger partial charge in [-0.3, -0.25) is 0 Å². The van der Waals surface area contributed by atoms with Gasteiger partial charge in [0.15, 0.2) is 0 Å². The van der Waals surface area contributed by atoms with Crippen LogP contribution in [0, 0.1) is 17.2 Å². The van der Waals surface area contributed by atoms with Crippen molar-refractivity contribution in [2.75, 3.05) is 18.5 Å². The topological polar surface area (TPSA) is 57.9 Å². The Morgan fingerprint density at radius 2 is 2.10 bits per heavy atom. The molecule has 1 fully saturated rings. The number of hydrogen-bond acceptors (Lipinski definition) is 4. The second-order valence-corrected chi connectivity index (χ2v) is 5.18. The van der Waals surface area contributed by atoms with Gasteiger partial charge in [0.25, 0.3) is 0 Å². The Bertz CT molecular complexity index is 619. The summed E-state index contributed by atoms with van der Waals surface area (Å²) in [5, 5.41) is 12.1. The van der Waals surface area contributed by atoms with Crippen molar-refractivity contribution >= 4 is 5.82 Å². The molecule has 1 saturated heterocycles. The standard InChI is InChI=1S/C17H17N3O/c18-10-13-6-7-16(19-11-13)20-12-15-8-9-21-17(15)14-4-2-1-3-5-14/h1-7,11,15,17H,8-9,12H2,(H,19,20)/t15-,17-/m1/s1. The van der Waals surface area contributed by atoms with Crippen molar-refractivity contribution in [2.24, 2.45) is 5.92 Å². The Hall–Kier alpha value is -2.38. The molecule has 2 heterocycles. The van der Waals surface area contributed by atoms with E-state index in [1.165, 1.54) is 5.56 Å². The Morgan fingerprint density at radius 1 is 1.24 bits per heavy atom. The van der Waals surface area contributed by atoms with E-state index in [-0.39, 0.29) is 6.10 Å². The molecular weight excluding hydrogens is 262 g/mol. The largest absolute Gasteiger partial charge is 0.373 e. The van der Waals surface area contributed by atoms with Crippen molar-refractivity contribution in [2.45, 2.75) is 12.5 Å². The van der Waals surface area contributed by atoms with E-state index in [2.05, 4.69) is 28.5 Å². The van der Waals surface area contributed by atoms with Crippen LogP contribution in [-0.4, -0.2) is 18.1 Å². The van der Waals surface area contributed by atoms with Crippen molar-refractivity contribution in [3.63, 3.8) is 0 Å². The lowest BCUT2D eigenvalue weighted by Crippen LogP contribution is -2.18. The first-order valence-electron chi connectivity index (χ1n) is 7.13. The highest BCUT2D eigenvalue weighted by Crippen LogP contribution is 2.34. The lowest BCUT2D eigenvalue weighted by molar-refractivity contribution is 0.0933. The summed E-state index contributed by atoms with van der Waals surface area (Å²) in [5.41, 5.74) is 1.81. The van der Waals surface area contributed by atoms with Gasteiger partial charge < -0.3 is 10.1 Å².